The number of nitrogens with one attached hydrogen (secondary N) is 1. The summed E-state index contributed by atoms with van der Waals surface area (Å²) in [7, 11) is 0. The van der Waals surface area contributed by atoms with Crippen LogP contribution in [0.2, 0.25) is 0 Å². The van der Waals surface area contributed by atoms with Crippen LogP contribution in [0.3, 0.4) is 0 Å². The Balaban J connectivity index is 1.72. The van der Waals surface area contributed by atoms with Gasteiger partial charge >= 0.3 is 6.18 Å². The molecule has 150 valence electrons. The van der Waals surface area contributed by atoms with Crippen molar-refractivity contribution in [2.24, 2.45) is 0 Å². The van der Waals surface area contributed by atoms with Crippen LogP contribution in [0.4, 0.5) is 17.6 Å². The molecule has 9 heteroatoms. The normalized spacial score (nSPS) is 11.3. The first kappa shape index (κ1) is 20.2. The number of nitrogens with zero attached hydrogens (tertiary/aromatic N) is 2. The zero-order valence-corrected chi connectivity index (χ0v) is 14.9. The van der Waals surface area contributed by atoms with Crippen molar-refractivity contribution in [3.8, 4) is 0 Å². The van der Waals surface area contributed by atoms with E-state index in [-0.39, 0.29) is 18.7 Å². The number of rotatable bonds is 5. The molecule has 0 saturated heterocycles. The fourth-order valence-corrected chi connectivity index (χ4v) is 2.60. The van der Waals surface area contributed by atoms with Gasteiger partial charge in [-0.25, -0.2) is 4.39 Å². The number of carbonyl (C=O) groups is 1. The third-order valence-corrected chi connectivity index (χ3v) is 4.06. The highest BCUT2D eigenvalue weighted by atomic mass is 19.4. The zero-order valence-electron chi connectivity index (χ0n) is 14.9. The lowest BCUT2D eigenvalue weighted by Crippen LogP contribution is -2.26. The Morgan fingerprint density at radius 3 is 2.52 bits per heavy atom. The van der Waals surface area contributed by atoms with Crippen molar-refractivity contribution in [2.45, 2.75) is 19.3 Å². The SMILES string of the molecule is O=C(NCc1cccc(F)c1)c1ccc(=O)n(Cc2ccc(C(F)(F)F)nc2)c1. The Morgan fingerprint density at radius 2 is 1.86 bits per heavy atom. The van der Waals surface area contributed by atoms with E-state index in [4.69, 9.17) is 0 Å². The average Bonchev–Trinajstić information content (AvgIpc) is 2.67. The molecule has 0 aliphatic heterocycles. The third kappa shape index (κ3) is 5.28. The average molecular weight is 405 g/mol. The summed E-state index contributed by atoms with van der Waals surface area (Å²) in [4.78, 5) is 27.7. The fraction of sp³-hybridized carbons (Fsp3) is 0.150. The summed E-state index contributed by atoms with van der Waals surface area (Å²) in [6.45, 7) is 0.0491. The summed E-state index contributed by atoms with van der Waals surface area (Å²) in [6.07, 6.45) is -2.21. The zero-order chi connectivity index (χ0) is 21.0. The van der Waals surface area contributed by atoms with E-state index < -0.39 is 29.2 Å². The topological polar surface area (TPSA) is 64.0 Å². The number of aromatic nitrogens is 2. The van der Waals surface area contributed by atoms with Crippen LogP contribution < -0.4 is 10.9 Å². The molecule has 0 spiro atoms. The monoisotopic (exact) mass is 405 g/mol. The second kappa shape index (κ2) is 8.26. The van der Waals surface area contributed by atoms with E-state index in [9.17, 15) is 27.2 Å². The van der Waals surface area contributed by atoms with E-state index in [1.807, 2.05) is 0 Å². The van der Waals surface area contributed by atoms with Gasteiger partial charge in [0.25, 0.3) is 11.5 Å². The maximum absolute atomic E-state index is 13.2. The summed E-state index contributed by atoms with van der Waals surface area (Å²) in [5, 5.41) is 2.62. The van der Waals surface area contributed by atoms with E-state index in [1.54, 1.807) is 6.07 Å². The van der Waals surface area contributed by atoms with Gasteiger partial charge in [0.15, 0.2) is 0 Å². The molecule has 2 aromatic heterocycles. The molecule has 1 amide bonds. The summed E-state index contributed by atoms with van der Waals surface area (Å²) < 4.78 is 52.1. The first-order valence-electron chi connectivity index (χ1n) is 8.47. The molecule has 5 nitrogen and oxygen atoms in total. The predicted octanol–water partition coefficient (Wildman–Crippen LogP) is 3.38. The molecule has 0 fully saturated rings. The van der Waals surface area contributed by atoms with Crippen molar-refractivity contribution in [3.63, 3.8) is 0 Å². The molecule has 0 saturated carbocycles. The first-order valence-corrected chi connectivity index (χ1v) is 8.47. The summed E-state index contributed by atoms with van der Waals surface area (Å²) in [5.41, 5.74) is -0.327. The molecule has 3 aromatic rings. The van der Waals surface area contributed by atoms with Crippen LogP contribution in [0.1, 0.15) is 27.2 Å². The molecule has 0 bridgehead atoms. The van der Waals surface area contributed by atoms with Gasteiger partial charge in [-0.1, -0.05) is 18.2 Å². The lowest BCUT2D eigenvalue weighted by molar-refractivity contribution is -0.141. The van der Waals surface area contributed by atoms with Crippen molar-refractivity contribution in [1.29, 1.82) is 0 Å². The highest BCUT2D eigenvalue weighted by Gasteiger charge is 2.32. The lowest BCUT2D eigenvalue weighted by atomic mass is 10.2. The van der Waals surface area contributed by atoms with Crippen molar-refractivity contribution < 1.29 is 22.4 Å². The number of hydrogen-bond acceptors (Lipinski definition) is 3. The van der Waals surface area contributed by atoms with Crippen LogP contribution in [0, 0.1) is 5.82 Å². The maximum Gasteiger partial charge on any atom is 0.433 e. The van der Waals surface area contributed by atoms with Crippen molar-refractivity contribution in [3.05, 3.63) is 99.5 Å². The van der Waals surface area contributed by atoms with E-state index in [1.165, 1.54) is 47.2 Å². The van der Waals surface area contributed by atoms with Gasteiger partial charge in [0.2, 0.25) is 0 Å². The van der Waals surface area contributed by atoms with Crippen LogP contribution in [0.25, 0.3) is 0 Å². The van der Waals surface area contributed by atoms with Gasteiger partial charge in [-0.05, 0) is 35.4 Å². The Kier molecular flexibility index (Phi) is 5.76. The second-order valence-electron chi connectivity index (χ2n) is 6.25. The van der Waals surface area contributed by atoms with Gasteiger partial charge in [0, 0.05) is 25.0 Å². The molecule has 2 heterocycles. The standard InChI is InChI=1S/C20H15F4N3O2/c21-16-3-1-2-13(8-16)9-26-19(29)15-5-7-18(28)27(12-15)11-14-4-6-17(25-10-14)20(22,23)24/h1-8,10,12H,9,11H2,(H,26,29). The maximum atomic E-state index is 13.2. The van der Waals surface area contributed by atoms with Gasteiger partial charge in [-0.3, -0.25) is 14.6 Å². The van der Waals surface area contributed by atoms with Gasteiger partial charge < -0.3 is 9.88 Å². The van der Waals surface area contributed by atoms with Crippen LogP contribution in [-0.2, 0) is 19.3 Å². The minimum atomic E-state index is -4.55. The number of benzene rings is 1. The lowest BCUT2D eigenvalue weighted by Gasteiger charge is -2.10. The summed E-state index contributed by atoms with van der Waals surface area (Å²) >= 11 is 0. The predicted molar refractivity (Wildman–Crippen MR) is 96.6 cm³/mol. The van der Waals surface area contributed by atoms with Crippen LogP contribution in [0.15, 0.2) is 65.7 Å². The minimum Gasteiger partial charge on any atom is -0.348 e. The van der Waals surface area contributed by atoms with Crippen LogP contribution >= 0.6 is 0 Å². The van der Waals surface area contributed by atoms with Crippen molar-refractivity contribution in [1.82, 2.24) is 14.9 Å². The van der Waals surface area contributed by atoms with Gasteiger partial charge in [0.05, 0.1) is 12.1 Å². The molecule has 0 radical (unpaired) electrons. The van der Waals surface area contributed by atoms with E-state index >= 15 is 0 Å². The molecule has 0 atom stereocenters. The molecular weight excluding hydrogens is 390 g/mol. The van der Waals surface area contributed by atoms with Crippen LogP contribution in [-0.4, -0.2) is 15.5 Å². The molecule has 0 aliphatic rings. The first-order chi connectivity index (χ1) is 13.7. The van der Waals surface area contributed by atoms with Gasteiger partial charge in [0.1, 0.15) is 11.5 Å². The fourth-order valence-electron chi connectivity index (χ4n) is 2.60. The number of carbonyl (C=O) groups excluding carboxylic acids is 1. The Hall–Kier alpha value is -3.49. The highest BCUT2D eigenvalue weighted by Crippen LogP contribution is 2.27. The molecule has 0 aliphatic carbocycles. The minimum absolute atomic E-state index is 0.0466. The molecular formula is C20H15F4N3O2. The van der Waals surface area contributed by atoms with Crippen molar-refractivity contribution in [2.75, 3.05) is 0 Å². The highest BCUT2D eigenvalue weighted by molar-refractivity contribution is 5.93. The van der Waals surface area contributed by atoms with Gasteiger partial charge in [-0.2, -0.15) is 13.2 Å². The van der Waals surface area contributed by atoms with Crippen LogP contribution in [0.5, 0.6) is 0 Å². The molecule has 1 aromatic carbocycles. The van der Waals surface area contributed by atoms with Gasteiger partial charge in [-0.15, -0.1) is 0 Å². The Bertz CT molecular complexity index is 1080. The van der Waals surface area contributed by atoms with E-state index in [2.05, 4.69) is 10.3 Å². The number of pyridine rings is 2. The number of amides is 1. The van der Waals surface area contributed by atoms with E-state index in [0.29, 0.717) is 11.1 Å². The molecule has 0 unspecified atom stereocenters. The molecule has 3 rings (SSSR count). The number of halogens is 4. The second-order valence-corrected chi connectivity index (χ2v) is 6.25. The summed E-state index contributed by atoms with van der Waals surface area (Å²) in [6, 6.07) is 10.3. The molecule has 29 heavy (non-hydrogen) atoms. The molecule has 1 N–H and O–H groups in total. The Labute approximate surface area is 162 Å². The number of hydrogen-bond donors (Lipinski definition) is 1. The van der Waals surface area contributed by atoms with Crippen molar-refractivity contribution >= 4 is 5.91 Å². The quantitative estimate of drug-likeness (QED) is 0.662. The smallest absolute Gasteiger partial charge is 0.348 e. The largest absolute Gasteiger partial charge is 0.433 e. The van der Waals surface area contributed by atoms with E-state index in [0.717, 1.165) is 12.3 Å². The summed E-state index contributed by atoms with van der Waals surface area (Å²) in [5.74, 6) is -0.899. The third-order valence-electron chi connectivity index (χ3n) is 4.06. The number of alkyl halides is 3. The Morgan fingerprint density at radius 1 is 1.07 bits per heavy atom.